The highest BCUT2D eigenvalue weighted by Crippen LogP contribution is 2.22. The van der Waals surface area contributed by atoms with Crippen LogP contribution in [0.2, 0.25) is 0 Å². The molecule has 1 saturated heterocycles. The first-order valence-electron chi connectivity index (χ1n) is 9.13. The van der Waals surface area contributed by atoms with E-state index in [-0.39, 0.29) is 11.5 Å². The maximum absolute atomic E-state index is 14.4. The molecule has 0 spiro atoms. The zero-order chi connectivity index (χ0) is 19.7. The van der Waals surface area contributed by atoms with Crippen LogP contribution in [-0.2, 0) is 6.54 Å². The molecule has 2 aromatic heterocycles. The first kappa shape index (κ1) is 18.6. The van der Waals surface area contributed by atoms with Crippen LogP contribution in [0.5, 0.6) is 0 Å². The maximum atomic E-state index is 14.4. The van der Waals surface area contributed by atoms with Gasteiger partial charge in [-0.2, -0.15) is 0 Å². The number of aromatic nitrogens is 3. The Morgan fingerprint density at radius 1 is 1.04 bits per heavy atom. The van der Waals surface area contributed by atoms with Gasteiger partial charge in [0.25, 0.3) is 6.43 Å². The van der Waals surface area contributed by atoms with Gasteiger partial charge in [-0.05, 0) is 36.8 Å². The van der Waals surface area contributed by atoms with Crippen molar-refractivity contribution in [1.82, 2.24) is 19.9 Å². The molecule has 1 aliphatic heterocycles. The highest BCUT2D eigenvalue weighted by molar-refractivity contribution is 5.75. The van der Waals surface area contributed by atoms with Crippen molar-refractivity contribution in [3.05, 3.63) is 59.4 Å². The molecule has 0 unspecified atom stereocenters. The van der Waals surface area contributed by atoms with E-state index in [1.807, 2.05) is 6.07 Å². The topological polar surface area (TPSA) is 45.2 Å². The summed E-state index contributed by atoms with van der Waals surface area (Å²) >= 11 is 0. The fourth-order valence-corrected chi connectivity index (χ4v) is 3.44. The van der Waals surface area contributed by atoms with Crippen molar-refractivity contribution in [2.75, 3.05) is 31.1 Å². The van der Waals surface area contributed by atoms with E-state index in [2.05, 4.69) is 24.8 Å². The van der Waals surface area contributed by atoms with Crippen LogP contribution in [0.4, 0.5) is 18.9 Å². The number of fused-ring (bicyclic) bond motifs is 1. The third kappa shape index (κ3) is 3.91. The van der Waals surface area contributed by atoms with E-state index in [9.17, 15) is 13.2 Å². The third-order valence-corrected chi connectivity index (χ3v) is 4.92. The lowest BCUT2D eigenvalue weighted by molar-refractivity contribution is 0.146. The van der Waals surface area contributed by atoms with Crippen LogP contribution < -0.4 is 4.90 Å². The zero-order valence-electron chi connectivity index (χ0n) is 15.4. The molecule has 0 bridgehead atoms. The number of hydrogen-bond donors (Lipinski definition) is 0. The molecule has 4 rings (SSSR count). The van der Waals surface area contributed by atoms with Crippen molar-refractivity contribution in [2.24, 2.45) is 0 Å². The van der Waals surface area contributed by atoms with E-state index in [1.165, 1.54) is 18.3 Å². The van der Waals surface area contributed by atoms with Crippen LogP contribution in [0.25, 0.3) is 11.0 Å². The summed E-state index contributed by atoms with van der Waals surface area (Å²) in [5.41, 5.74) is 3.04. The Hall–Kier alpha value is -2.74. The predicted octanol–water partition coefficient (Wildman–Crippen LogP) is 3.73. The monoisotopic (exact) mass is 387 g/mol. The van der Waals surface area contributed by atoms with Gasteiger partial charge < -0.3 is 4.90 Å². The molecular formula is C20H20F3N5. The fraction of sp³-hybridized carbons (Fsp3) is 0.350. The molecule has 1 fully saturated rings. The van der Waals surface area contributed by atoms with Gasteiger partial charge in [-0.1, -0.05) is 0 Å². The molecule has 3 aromatic rings. The zero-order valence-corrected chi connectivity index (χ0v) is 15.4. The number of aryl methyl sites for hydroxylation is 1. The standard InChI is InChI=1S/C20H20F3N5/c1-13-10-24-18-9-14(8-16(21)19(18)26-13)12-27-4-6-28(7-5-27)15-2-3-17(20(22)23)25-11-15/h2-3,8-11,20H,4-7,12H2,1H3. The van der Waals surface area contributed by atoms with Crippen molar-refractivity contribution >= 4 is 16.7 Å². The molecule has 0 N–H and O–H groups in total. The van der Waals surface area contributed by atoms with Gasteiger partial charge in [0.15, 0.2) is 5.82 Å². The number of benzene rings is 1. The van der Waals surface area contributed by atoms with Crippen molar-refractivity contribution in [3.8, 4) is 0 Å². The second-order valence-electron chi connectivity index (χ2n) is 6.96. The van der Waals surface area contributed by atoms with E-state index in [1.54, 1.807) is 19.2 Å². The van der Waals surface area contributed by atoms with Crippen molar-refractivity contribution < 1.29 is 13.2 Å². The van der Waals surface area contributed by atoms with E-state index in [4.69, 9.17) is 0 Å². The SMILES string of the molecule is Cc1cnc2cc(CN3CCN(c4ccc(C(F)F)nc4)CC3)cc(F)c2n1. The minimum atomic E-state index is -2.55. The summed E-state index contributed by atoms with van der Waals surface area (Å²) in [5, 5.41) is 0. The van der Waals surface area contributed by atoms with Crippen LogP contribution >= 0.6 is 0 Å². The van der Waals surface area contributed by atoms with Crippen molar-refractivity contribution in [2.45, 2.75) is 19.9 Å². The Balaban J connectivity index is 1.40. The molecule has 1 aliphatic rings. The third-order valence-electron chi connectivity index (χ3n) is 4.92. The Bertz CT molecular complexity index is 969. The van der Waals surface area contributed by atoms with E-state index in [0.717, 1.165) is 37.4 Å². The predicted molar refractivity (Wildman–Crippen MR) is 101 cm³/mol. The summed E-state index contributed by atoms with van der Waals surface area (Å²) in [6, 6.07) is 6.45. The van der Waals surface area contributed by atoms with Gasteiger partial charge in [-0.25, -0.2) is 18.2 Å². The van der Waals surface area contributed by atoms with E-state index < -0.39 is 6.43 Å². The van der Waals surface area contributed by atoms with Gasteiger partial charge in [0, 0.05) is 38.9 Å². The summed E-state index contributed by atoms with van der Waals surface area (Å²) in [7, 11) is 0. The Kier molecular flexibility index (Phi) is 5.13. The van der Waals surface area contributed by atoms with Gasteiger partial charge in [-0.15, -0.1) is 0 Å². The molecule has 8 heteroatoms. The maximum Gasteiger partial charge on any atom is 0.280 e. The summed E-state index contributed by atoms with van der Waals surface area (Å²) in [6.45, 7) is 5.50. The summed E-state index contributed by atoms with van der Waals surface area (Å²) in [5.74, 6) is -0.354. The number of piperazine rings is 1. The van der Waals surface area contributed by atoms with Crippen LogP contribution in [-0.4, -0.2) is 46.0 Å². The minimum absolute atomic E-state index is 0.209. The molecule has 146 valence electrons. The number of nitrogens with zero attached hydrogens (tertiary/aromatic N) is 5. The lowest BCUT2D eigenvalue weighted by Gasteiger charge is -2.36. The van der Waals surface area contributed by atoms with Crippen molar-refractivity contribution in [1.29, 1.82) is 0 Å². The largest absolute Gasteiger partial charge is 0.368 e. The lowest BCUT2D eigenvalue weighted by atomic mass is 10.1. The molecule has 0 radical (unpaired) electrons. The second-order valence-corrected chi connectivity index (χ2v) is 6.96. The summed E-state index contributed by atoms with van der Waals surface area (Å²) in [4.78, 5) is 16.7. The molecule has 0 atom stereocenters. The number of rotatable bonds is 4. The quantitative estimate of drug-likeness (QED) is 0.683. The lowest BCUT2D eigenvalue weighted by Crippen LogP contribution is -2.46. The summed E-state index contributed by atoms with van der Waals surface area (Å²) < 4.78 is 39.6. The minimum Gasteiger partial charge on any atom is -0.368 e. The van der Waals surface area contributed by atoms with Gasteiger partial charge in [-0.3, -0.25) is 14.9 Å². The molecule has 28 heavy (non-hydrogen) atoms. The molecule has 0 aliphatic carbocycles. The highest BCUT2D eigenvalue weighted by atomic mass is 19.3. The van der Waals surface area contributed by atoms with Gasteiger partial charge in [0.1, 0.15) is 11.2 Å². The molecule has 0 amide bonds. The first-order chi connectivity index (χ1) is 13.5. The van der Waals surface area contributed by atoms with E-state index in [0.29, 0.717) is 23.3 Å². The fourth-order valence-electron chi connectivity index (χ4n) is 3.44. The van der Waals surface area contributed by atoms with Crippen molar-refractivity contribution in [3.63, 3.8) is 0 Å². The normalized spacial score (nSPS) is 15.5. The number of halogens is 3. The number of pyridine rings is 1. The average molecular weight is 387 g/mol. The Morgan fingerprint density at radius 2 is 1.82 bits per heavy atom. The molecular weight excluding hydrogens is 367 g/mol. The van der Waals surface area contributed by atoms with Gasteiger partial charge >= 0.3 is 0 Å². The number of hydrogen-bond acceptors (Lipinski definition) is 5. The van der Waals surface area contributed by atoms with Gasteiger partial charge in [0.2, 0.25) is 0 Å². The molecule has 5 nitrogen and oxygen atoms in total. The number of anilines is 1. The van der Waals surface area contributed by atoms with E-state index >= 15 is 0 Å². The highest BCUT2D eigenvalue weighted by Gasteiger charge is 2.19. The van der Waals surface area contributed by atoms with Crippen LogP contribution in [0, 0.1) is 12.7 Å². The smallest absolute Gasteiger partial charge is 0.280 e. The average Bonchev–Trinajstić information content (AvgIpc) is 2.69. The Morgan fingerprint density at radius 3 is 2.50 bits per heavy atom. The molecule has 0 saturated carbocycles. The number of alkyl halides is 2. The molecule has 1 aromatic carbocycles. The second kappa shape index (κ2) is 7.71. The summed E-state index contributed by atoms with van der Waals surface area (Å²) in [6.07, 6.45) is 0.579. The Labute approximate surface area is 160 Å². The van der Waals surface area contributed by atoms with Crippen LogP contribution in [0.15, 0.2) is 36.7 Å². The van der Waals surface area contributed by atoms with Crippen LogP contribution in [0.3, 0.4) is 0 Å². The van der Waals surface area contributed by atoms with Crippen LogP contribution in [0.1, 0.15) is 23.4 Å². The first-order valence-corrected chi connectivity index (χ1v) is 9.13. The van der Waals surface area contributed by atoms with Gasteiger partial charge in [0.05, 0.1) is 23.1 Å². The molecule has 3 heterocycles.